The Morgan fingerprint density at radius 1 is 1.43 bits per heavy atom. The summed E-state index contributed by atoms with van der Waals surface area (Å²) in [5, 5.41) is 8.79. The van der Waals surface area contributed by atoms with Gasteiger partial charge < -0.3 is 9.84 Å². The summed E-state index contributed by atoms with van der Waals surface area (Å²) in [6, 6.07) is 4.52. The number of rotatable bonds is 2. The van der Waals surface area contributed by atoms with Crippen molar-refractivity contribution < 1.29 is 19.4 Å². The monoisotopic (exact) mass is 258 g/mol. The Balaban J connectivity index is 3.22. The Bertz CT molecular complexity index is 386. The number of esters is 1. The number of carbonyl (C=O) groups is 2. The number of ether oxygens (including phenoxy) is 1. The topological polar surface area (TPSA) is 63.6 Å². The van der Waals surface area contributed by atoms with E-state index in [0.29, 0.717) is 4.47 Å². The molecule has 1 aromatic carbocycles. The molecule has 0 aliphatic carbocycles. The molecule has 0 unspecified atom stereocenters. The molecule has 74 valence electrons. The maximum atomic E-state index is 10.7. The fraction of sp³-hybridized carbons (Fsp3) is 0.111. The van der Waals surface area contributed by atoms with Crippen molar-refractivity contribution in [3.63, 3.8) is 0 Å². The van der Waals surface area contributed by atoms with Crippen molar-refractivity contribution in [2.24, 2.45) is 0 Å². The van der Waals surface area contributed by atoms with Gasteiger partial charge in [-0.25, -0.2) is 4.79 Å². The standard InChI is InChI=1S/C9H7BrO4/c1-5(11)14-8-6(9(12)13)3-2-4-7(8)10/h2-4H,1H3,(H,12,13). The minimum atomic E-state index is -1.14. The predicted octanol–water partition coefficient (Wildman–Crippen LogP) is 2.07. The van der Waals surface area contributed by atoms with Gasteiger partial charge >= 0.3 is 11.9 Å². The van der Waals surface area contributed by atoms with Gasteiger partial charge in [-0.2, -0.15) is 0 Å². The minimum Gasteiger partial charge on any atom is -0.478 e. The molecule has 1 rings (SSSR count). The van der Waals surface area contributed by atoms with Gasteiger partial charge in [-0.3, -0.25) is 4.79 Å². The van der Waals surface area contributed by atoms with Gasteiger partial charge in [0.05, 0.1) is 4.47 Å². The molecule has 0 atom stereocenters. The largest absolute Gasteiger partial charge is 0.478 e. The third kappa shape index (κ3) is 2.32. The van der Waals surface area contributed by atoms with E-state index in [1.807, 2.05) is 0 Å². The van der Waals surface area contributed by atoms with Crippen LogP contribution in [0.2, 0.25) is 0 Å². The molecular formula is C9H7BrO4. The highest BCUT2D eigenvalue weighted by Gasteiger charge is 2.15. The van der Waals surface area contributed by atoms with Gasteiger partial charge in [-0.05, 0) is 28.1 Å². The Kier molecular flexibility index (Phi) is 3.24. The van der Waals surface area contributed by atoms with E-state index in [-0.39, 0.29) is 11.3 Å². The SMILES string of the molecule is CC(=O)Oc1c(Br)cccc1C(=O)O. The van der Waals surface area contributed by atoms with Crippen LogP contribution in [0.15, 0.2) is 22.7 Å². The average molecular weight is 259 g/mol. The molecule has 1 aromatic rings. The molecule has 0 saturated heterocycles. The van der Waals surface area contributed by atoms with Crippen molar-refractivity contribution >= 4 is 27.9 Å². The second-order valence-corrected chi connectivity index (χ2v) is 3.37. The van der Waals surface area contributed by atoms with Gasteiger partial charge in [0.15, 0.2) is 5.75 Å². The van der Waals surface area contributed by atoms with Gasteiger partial charge in [0.1, 0.15) is 5.56 Å². The number of carbonyl (C=O) groups excluding carboxylic acids is 1. The maximum absolute atomic E-state index is 10.7. The molecule has 0 aromatic heterocycles. The zero-order valence-electron chi connectivity index (χ0n) is 7.28. The van der Waals surface area contributed by atoms with Gasteiger partial charge in [-0.15, -0.1) is 0 Å². The number of hydrogen-bond acceptors (Lipinski definition) is 3. The molecular weight excluding hydrogens is 252 g/mol. The first kappa shape index (κ1) is 10.7. The number of hydrogen-bond donors (Lipinski definition) is 1. The highest BCUT2D eigenvalue weighted by atomic mass is 79.9. The zero-order chi connectivity index (χ0) is 10.7. The van der Waals surface area contributed by atoms with Crippen molar-refractivity contribution in [1.29, 1.82) is 0 Å². The lowest BCUT2D eigenvalue weighted by Crippen LogP contribution is -2.07. The summed E-state index contributed by atoms with van der Waals surface area (Å²) in [7, 11) is 0. The van der Waals surface area contributed by atoms with Crippen molar-refractivity contribution in [1.82, 2.24) is 0 Å². The number of carboxylic acids is 1. The highest BCUT2D eigenvalue weighted by molar-refractivity contribution is 9.10. The summed E-state index contributed by atoms with van der Waals surface area (Å²) in [4.78, 5) is 21.4. The van der Waals surface area contributed by atoms with Crippen LogP contribution in [-0.2, 0) is 4.79 Å². The molecule has 1 N–H and O–H groups in total. The average Bonchev–Trinajstić information content (AvgIpc) is 2.07. The van der Waals surface area contributed by atoms with Gasteiger partial charge in [0.25, 0.3) is 0 Å². The summed E-state index contributed by atoms with van der Waals surface area (Å²) >= 11 is 3.10. The summed E-state index contributed by atoms with van der Waals surface area (Å²) in [6.45, 7) is 1.21. The van der Waals surface area contributed by atoms with Crippen LogP contribution < -0.4 is 4.74 Å². The third-order valence-corrected chi connectivity index (χ3v) is 2.07. The molecule has 0 radical (unpaired) electrons. The normalized spacial score (nSPS) is 9.57. The van der Waals surface area contributed by atoms with Crippen LogP contribution >= 0.6 is 15.9 Å². The quantitative estimate of drug-likeness (QED) is 0.652. The van der Waals surface area contributed by atoms with Crippen LogP contribution in [0, 0.1) is 0 Å². The molecule has 0 spiro atoms. The molecule has 0 heterocycles. The van der Waals surface area contributed by atoms with Crippen LogP contribution in [0.3, 0.4) is 0 Å². The Morgan fingerprint density at radius 2 is 2.07 bits per heavy atom. The second kappa shape index (κ2) is 4.23. The fourth-order valence-electron chi connectivity index (χ4n) is 0.925. The number of halogens is 1. The first-order valence-corrected chi connectivity index (χ1v) is 4.52. The maximum Gasteiger partial charge on any atom is 0.339 e. The van der Waals surface area contributed by atoms with Crippen molar-refractivity contribution in [2.45, 2.75) is 6.92 Å². The summed E-state index contributed by atoms with van der Waals surface area (Å²) in [6.07, 6.45) is 0. The van der Waals surface area contributed by atoms with Gasteiger partial charge in [0, 0.05) is 6.92 Å². The van der Waals surface area contributed by atoms with Crippen LogP contribution in [0.25, 0.3) is 0 Å². The van der Waals surface area contributed by atoms with E-state index in [0.717, 1.165) is 0 Å². The Morgan fingerprint density at radius 3 is 2.57 bits per heavy atom. The third-order valence-electron chi connectivity index (χ3n) is 1.44. The van der Waals surface area contributed by atoms with Crippen LogP contribution in [0.1, 0.15) is 17.3 Å². The minimum absolute atomic E-state index is 0.0347. The van der Waals surface area contributed by atoms with E-state index in [1.165, 1.54) is 13.0 Å². The summed E-state index contributed by atoms with van der Waals surface area (Å²) in [5.74, 6) is -1.66. The van der Waals surface area contributed by atoms with E-state index >= 15 is 0 Å². The molecule has 0 fully saturated rings. The van der Waals surface area contributed by atoms with Gasteiger partial charge in [0.2, 0.25) is 0 Å². The van der Waals surface area contributed by atoms with E-state index in [1.54, 1.807) is 12.1 Å². The van der Waals surface area contributed by atoms with E-state index in [4.69, 9.17) is 9.84 Å². The molecule has 0 amide bonds. The zero-order valence-corrected chi connectivity index (χ0v) is 8.87. The van der Waals surface area contributed by atoms with Crippen molar-refractivity contribution in [3.8, 4) is 5.75 Å². The van der Waals surface area contributed by atoms with Crippen LogP contribution in [0.5, 0.6) is 5.75 Å². The van der Waals surface area contributed by atoms with Gasteiger partial charge in [-0.1, -0.05) is 6.07 Å². The van der Waals surface area contributed by atoms with Crippen molar-refractivity contribution in [3.05, 3.63) is 28.2 Å². The van der Waals surface area contributed by atoms with E-state index in [9.17, 15) is 9.59 Å². The Labute approximate surface area is 88.6 Å². The first-order chi connectivity index (χ1) is 6.52. The fourth-order valence-corrected chi connectivity index (χ4v) is 1.37. The van der Waals surface area contributed by atoms with Crippen LogP contribution in [-0.4, -0.2) is 17.0 Å². The number of carboxylic acid groups (broad SMARTS) is 1. The molecule has 4 nitrogen and oxygen atoms in total. The lowest BCUT2D eigenvalue weighted by Gasteiger charge is -2.06. The molecule has 0 saturated carbocycles. The van der Waals surface area contributed by atoms with Crippen LogP contribution in [0.4, 0.5) is 0 Å². The van der Waals surface area contributed by atoms with E-state index < -0.39 is 11.9 Å². The van der Waals surface area contributed by atoms with Crippen molar-refractivity contribution in [2.75, 3.05) is 0 Å². The first-order valence-electron chi connectivity index (χ1n) is 3.72. The molecule has 14 heavy (non-hydrogen) atoms. The lowest BCUT2D eigenvalue weighted by atomic mass is 10.2. The Hall–Kier alpha value is -1.36. The molecule has 5 heteroatoms. The number of aromatic carboxylic acids is 1. The molecule has 0 bridgehead atoms. The lowest BCUT2D eigenvalue weighted by molar-refractivity contribution is -0.131. The summed E-state index contributed by atoms with van der Waals surface area (Å²) < 4.78 is 5.21. The number of benzene rings is 1. The second-order valence-electron chi connectivity index (χ2n) is 2.52. The summed E-state index contributed by atoms with van der Waals surface area (Å²) in [5.41, 5.74) is -0.0467. The predicted molar refractivity (Wildman–Crippen MR) is 52.4 cm³/mol. The molecule has 0 aliphatic rings. The molecule has 0 aliphatic heterocycles. The van der Waals surface area contributed by atoms with E-state index in [2.05, 4.69) is 15.9 Å². The number of para-hydroxylation sites is 1. The smallest absolute Gasteiger partial charge is 0.339 e. The highest BCUT2D eigenvalue weighted by Crippen LogP contribution is 2.29.